The summed E-state index contributed by atoms with van der Waals surface area (Å²) in [7, 11) is 0.656. The number of ether oxygens (including phenoxy) is 2. The molecule has 6 nitrogen and oxygen atoms in total. The molecule has 4 aromatic rings. The van der Waals surface area contributed by atoms with Gasteiger partial charge in [-0.3, -0.25) is 4.79 Å². The maximum Gasteiger partial charge on any atom is 0.343 e. The fraction of sp³-hybridized carbons (Fsp3) is 0.120. The molecule has 0 aromatic heterocycles. The van der Waals surface area contributed by atoms with Crippen molar-refractivity contribution in [2.75, 3.05) is 19.0 Å². The highest BCUT2D eigenvalue weighted by Crippen LogP contribution is 2.39. The lowest BCUT2D eigenvalue weighted by molar-refractivity contribution is -0.142. The van der Waals surface area contributed by atoms with Crippen molar-refractivity contribution in [3.05, 3.63) is 84.4 Å². The molecule has 4 aromatic carbocycles. The second kappa shape index (κ2) is 9.77. The van der Waals surface area contributed by atoms with E-state index in [2.05, 4.69) is 10.1 Å². The minimum atomic E-state index is -0.749. The maximum atomic E-state index is 13.3. The Hall–Kier alpha value is -3.47. The SMILES string of the molecule is COC(=O)COc1c(NC(=O)C(PO)c2cccc3ccccc23)ccc2ccccc12. The van der Waals surface area contributed by atoms with E-state index in [9.17, 15) is 14.5 Å². The second-order valence-corrected chi connectivity index (χ2v) is 7.98. The van der Waals surface area contributed by atoms with Crippen molar-refractivity contribution in [2.45, 2.75) is 5.66 Å². The monoisotopic (exact) mass is 447 g/mol. The van der Waals surface area contributed by atoms with Gasteiger partial charge in [-0.2, -0.15) is 0 Å². The van der Waals surface area contributed by atoms with Crippen molar-refractivity contribution >= 4 is 47.9 Å². The summed E-state index contributed by atoms with van der Waals surface area (Å²) in [6.45, 7) is -0.290. The predicted molar refractivity (Wildman–Crippen MR) is 127 cm³/mol. The first-order valence-corrected chi connectivity index (χ1v) is 11.0. The van der Waals surface area contributed by atoms with Crippen LogP contribution in [0.2, 0.25) is 0 Å². The lowest BCUT2D eigenvalue weighted by Crippen LogP contribution is -2.20. The molecular weight excluding hydrogens is 425 g/mol. The number of carbonyl (C=O) groups excluding carboxylic acids is 2. The lowest BCUT2D eigenvalue weighted by atomic mass is 10.0. The summed E-state index contributed by atoms with van der Waals surface area (Å²) in [5.41, 5.74) is 0.418. The maximum absolute atomic E-state index is 13.3. The number of hydrogen-bond donors (Lipinski definition) is 2. The van der Waals surface area contributed by atoms with E-state index in [0.29, 0.717) is 11.4 Å². The van der Waals surface area contributed by atoms with Gasteiger partial charge in [0.2, 0.25) is 5.91 Å². The van der Waals surface area contributed by atoms with Gasteiger partial charge >= 0.3 is 5.97 Å². The quantitative estimate of drug-likeness (QED) is 0.314. The van der Waals surface area contributed by atoms with Gasteiger partial charge in [-0.05, 0) is 27.8 Å². The molecule has 32 heavy (non-hydrogen) atoms. The third-order valence-electron chi connectivity index (χ3n) is 5.23. The molecule has 162 valence electrons. The largest absolute Gasteiger partial charge is 0.479 e. The molecule has 0 radical (unpaired) electrons. The Morgan fingerprint density at radius 2 is 1.56 bits per heavy atom. The van der Waals surface area contributed by atoms with Crippen LogP contribution in [0.4, 0.5) is 5.69 Å². The number of rotatable bonds is 7. The van der Waals surface area contributed by atoms with Crippen LogP contribution in [-0.4, -0.2) is 30.5 Å². The van der Waals surface area contributed by atoms with E-state index in [1.807, 2.05) is 72.8 Å². The molecular formula is C25H22NO5P. The standard InChI is InChI=1S/C25H22NO5P/c1-30-22(27)15-31-23-19-11-5-3-8-17(19)13-14-21(23)26-25(28)24(32-29)20-12-6-9-16-7-2-4-10-18(16)20/h2-14,24,29,32H,15H2,1H3,(H,26,28). The molecule has 0 aliphatic rings. The summed E-state index contributed by atoms with van der Waals surface area (Å²) in [6.07, 6.45) is 0. The highest BCUT2D eigenvalue weighted by molar-refractivity contribution is 7.33. The van der Waals surface area contributed by atoms with Crippen molar-refractivity contribution in [2.24, 2.45) is 0 Å². The van der Waals surface area contributed by atoms with Crippen molar-refractivity contribution in [3.8, 4) is 5.75 Å². The van der Waals surface area contributed by atoms with Crippen molar-refractivity contribution < 1.29 is 24.0 Å². The number of esters is 1. The van der Waals surface area contributed by atoms with Crippen molar-refractivity contribution in [3.63, 3.8) is 0 Å². The Kier molecular flexibility index (Phi) is 6.64. The molecule has 4 rings (SSSR count). The molecule has 0 heterocycles. The van der Waals surface area contributed by atoms with Gasteiger partial charge in [0.1, 0.15) is 5.66 Å². The van der Waals surface area contributed by atoms with Crippen LogP contribution in [0.25, 0.3) is 21.5 Å². The highest BCUT2D eigenvalue weighted by atomic mass is 31.1. The zero-order chi connectivity index (χ0) is 22.5. The van der Waals surface area contributed by atoms with Crippen LogP contribution in [-0.2, 0) is 14.3 Å². The first-order valence-electron chi connectivity index (χ1n) is 10.0. The van der Waals surface area contributed by atoms with Gasteiger partial charge in [0.15, 0.2) is 12.4 Å². The molecule has 0 spiro atoms. The Labute approximate surface area is 187 Å². The normalized spacial score (nSPS) is 12.2. The van der Waals surface area contributed by atoms with Crippen LogP contribution in [0.5, 0.6) is 5.75 Å². The van der Waals surface area contributed by atoms with E-state index in [-0.39, 0.29) is 12.5 Å². The van der Waals surface area contributed by atoms with E-state index in [4.69, 9.17) is 4.74 Å². The molecule has 2 N–H and O–H groups in total. The number of methoxy groups -OCH3 is 1. The third-order valence-corrected chi connectivity index (χ3v) is 6.06. The summed E-state index contributed by atoms with van der Waals surface area (Å²) in [6, 6.07) is 24.6. The first-order chi connectivity index (χ1) is 15.6. The number of carbonyl (C=O) groups is 2. The predicted octanol–water partition coefficient (Wildman–Crippen LogP) is 4.81. The molecule has 0 bridgehead atoms. The van der Waals surface area contributed by atoms with Gasteiger partial charge in [0, 0.05) is 14.2 Å². The molecule has 2 atom stereocenters. The average molecular weight is 447 g/mol. The summed E-state index contributed by atoms with van der Waals surface area (Å²) in [5.74, 6) is -0.513. The van der Waals surface area contributed by atoms with Crippen molar-refractivity contribution in [1.29, 1.82) is 0 Å². The second-order valence-electron chi connectivity index (χ2n) is 7.15. The topological polar surface area (TPSA) is 84.9 Å². The van der Waals surface area contributed by atoms with Crippen LogP contribution >= 0.6 is 8.81 Å². The molecule has 1 amide bonds. The molecule has 0 fully saturated rings. The molecule has 7 heteroatoms. The van der Waals surface area contributed by atoms with E-state index in [0.717, 1.165) is 27.1 Å². The van der Waals surface area contributed by atoms with Gasteiger partial charge in [-0.25, -0.2) is 4.79 Å². The van der Waals surface area contributed by atoms with Crippen LogP contribution < -0.4 is 10.1 Å². The first kappa shape index (κ1) is 21.8. The van der Waals surface area contributed by atoms with Gasteiger partial charge in [0.25, 0.3) is 0 Å². The molecule has 0 saturated heterocycles. The van der Waals surface area contributed by atoms with Crippen LogP contribution in [0.3, 0.4) is 0 Å². The number of fused-ring (bicyclic) bond motifs is 2. The van der Waals surface area contributed by atoms with E-state index in [1.54, 1.807) is 6.07 Å². The Balaban J connectivity index is 1.70. The molecule has 0 aliphatic heterocycles. The van der Waals surface area contributed by atoms with Crippen molar-refractivity contribution in [1.82, 2.24) is 0 Å². The Morgan fingerprint density at radius 1 is 0.906 bits per heavy atom. The Bertz CT molecular complexity index is 1280. The smallest absolute Gasteiger partial charge is 0.343 e. The fourth-order valence-corrected chi connectivity index (χ4v) is 4.24. The summed E-state index contributed by atoms with van der Waals surface area (Å²) >= 11 is 0. The van der Waals surface area contributed by atoms with Gasteiger partial charge in [-0.1, -0.05) is 72.8 Å². The lowest BCUT2D eigenvalue weighted by Gasteiger charge is -2.19. The van der Waals surface area contributed by atoms with Gasteiger partial charge in [-0.15, -0.1) is 0 Å². The van der Waals surface area contributed by atoms with Gasteiger partial charge < -0.3 is 19.7 Å². The summed E-state index contributed by atoms with van der Waals surface area (Å²) in [5, 5.41) is 6.45. The zero-order valence-corrected chi connectivity index (χ0v) is 18.4. The summed E-state index contributed by atoms with van der Waals surface area (Å²) in [4.78, 5) is 35.0. The molecule has 0 aliphatic carbocycles. The van der Waals surface area contributed by atoms with Gasteiger partial charge in [0.05, 0.1) is 12.8 Å². The minimum absolute atomic E-state index is 0.290. The van der Waals surface area contributed by atoms with Crippen LogP contribution in [0.1, 0.15) is 11.2 Å². The highest BCUT2D eigenvalue weighted by Gasteiger charge is 2.24. The number of anilines is 1. The van der Waals surface area contributed by atoms with E-state index < -0.39 is 20.4 Å². The molecule has 2 unspecified atom stereocenters. The Morgan fingerprint density at radius 3 is 2.28 bits per heavy atom. The zero-order valence-electron chi connectivity index (χ0n) is 17.4. The van der Waals surface area contributed by atoms with Crippen LogP contribution in [0, 0.1) is 0 Å². The van der Waals surface area contributed by atoms with E-state index >= 15 is 0 Å². The molecule has 0 saturated carbocycles. The number of nitrogens with one attached hydrogen (secondary N) is 1. The number of amides is 1. The van der Waals surface area contributed by atoms with Crippen LogP contribution in [0.15, 0.2) is 78.9 Å². The fourth-order valence-electron chi connectivity index (χ4n) is 3.66. The summed E-state index contributed by atoms with van der Waals surface area (Å²) < 4.78 is 10.4. The number of benzene rings is 4. The third kappa shape index (κ3) is 4.42. The number of hydrogen-bond acceptors (Lipinski definition) is 5. The van der Waals surface area contributed by atoms with E-state index in [1.165, 1.54) is 7.11 Å². The minimum Gasteiger partial charge on any atom is -0.479 e. The average Bonchev–Trinajstić information content (AvgIpc) is 2.83.